The Morgan fingerprint density at radius 2 is 1.75 bits per heavy atom. The predicted octanol–water partition coefficient (Wildman–Crippen LogP) is 3.03. The topological polar surface area (TPSA) is 40.9 Å². The van der Waals surface area contributed by atoms with Gasteiger partial charge in [-0.25, -0.2) is 8.99 Å². The van der Waals surface area contributed by atoms with Gasteiger partial charge in [-0.05, 0) is 12.1 Å². The lowest BCUT2D eigenvalue weighted by Gasteiger charge is -2.05. The van der Waals surface area contributed by atoms with Crippen molar-refractivity contribution in [2.75, 3.05) is 6.26 Å². The molecule has 1 aromatic rings. The highest BCUT2D eigenvalue weighted by atomic mass is 35.5. The van der Waals surface area contributed by atoms with Crippen molar-refractivity contribution >= 4 is 32.9 Å². The van der Waals surface area contributed by atoms with Gasteiger partial charge in [0.25, 0.3) is 0 Å². The van der Waals surface area contributed by atoms with Gasteiger partial charge in [0, 0.05) is 6.26 Å². The number of hydrogen-bond donors (Lipinski definition) is 1. The van der Waals surface area contributed by atoms with Crippen LogP contribution in [0.3, 0.4) is 0 Å². The second-order valence-corrected chi connectivity index (χ2v) is 5.30. The van der Waals surface area contributed by atoms with Crippen molar-refractivity contribution in [3.05, 3.63) is 28.2 Å². The molecule has 0 amide bonds. The Hall–Kier alpha value is -0.250. The van der Waals surface area contributed by atoms with Crippen LogP contribution in [0.25, 0.3) is 0 Å². The first kappa shape index (κ1) is 9.84. The minimum atomic E-state index is -2.83. The quantitative estimate of drug-likeness (QED) is 0.782. The van der Waals surface area contributed by atoms with Gasteiger partial charge in [0.15, 0.2) is 0 Å². The molecule has 0 radical (unpaired) electrons. The molecule has 0 spiro atoms. The molecule has 0 saturated carbocycles. The summed E-state index contributed by atoms with van der Waals surface area (Å²) in [6.45, 7) is 0. The van der Waals surface area contributed by atoms with Crippen molar-refractivity contribution in [1.29, 1.82) is 4.78 Å². The summed E-state index contributed by atoms with van der Waals surface area (Å²) in [5.41, 5.74) is 0. The lowest BCUT2D eigenvalue weighted by Crippen LogP contribution is -1.96. The van der Waals surface area contributed by atoms with Gasteiger partial charge in [-0.2, -0.15) is 0 Å². The lowest BCUT2D eigenvalue weighted by molar-refractivity contribution is 0.679. The summed E-state index contributed by atoms with van der Waals surface area (Å²) in [6.07, 6.45) is 1.29. The van der Waals surface area contributed by atoms with E-state index in [1.54, 1.807) is 18.2 Å². The number of benzene rings is 1. The van der Waals surface area contributed by atoms with Crippen LogP contribution in [0, 0.1) is 4.78 Å². The van der Waals surface area contributed by atoms with E-state index in [1.165, 1.54) is 6.26 Å². The molecular formula is C7H7Cl2NOS. The molecule has 0 bridgehead atoms. The summed E-state index contributed by atoms with van der Waals surface area (Å²) in [5.74, 6) is 0. The van der Waals surface area contributed by atoms with Gasteiger partial charge in [0.1, 0.15) is 0 Å². The number of nitrogens with one attached hydrogen (secondary N) is 1. The third-order valence-electron chi connectivity index (χ3n) is 1.31. The molecule has 66 valence electrons. The first-order valence-corrected chi connectivity index (χ1v) is 5.83. The van der Waals surface area contributed by atoms with Gasteiger partial charge in [-0.3, -0.25) is 0 Å². The van der Waals surface area contributed by atoms with E-state index in [4.69, 9.17) is 28.0 Å². The standard InChI is InChI=1S/C7H7Cl2NOS/c1-12(10,11)7-5(8)3-2-4-6(7)9/h2-4,10H,1H3. The molecule has 12 heavy (non-hydrogen) atoms. The molecule has 1 rings (SSSR count). The molecule has 1 unspecified atom stereocenters. The zero-order chi connectivity index (χ0) is 9.35. The van der Waals surface area contributed by atoms with E-state index < -0.39 is 9.73 Å². The molecule has 1 atom stereocenters. The molecule has 0 aliphatic carbocycles. The van der Waals surface area contributed by atoms with Crippen molar-refractivity contribution in [3.8, 4) is 0 Å². The SMILES string of the molecule is CS(=N)(=O)c1c(Cl)cccc1Cl. The fraction of sp³-hybridized carbons (Fsp3) is 0.143. The van der Waals surface area contributed by atoms with Crippen LogP contribution in [0.2, 0.25) is 10.0 Å². The molecule has 2 nitrogen and oxygen atoms in total. The van der Waals surface area contributed by atoms with Gasteiger partial charge >= 0.3 is 0 Å². The zero-order valence-electron chi connectivity index (χ0n) is 6.30. The molecule has 0 heterocycles. The van der Waals surface area contributed by atoms with Crippen LogP contribution in [-0.2, 0) is 9.73 Å². The van der Waals surface area contributed by atoms with Crippen molar-refractivity contribution in [1.82, 2.24) is 0 Å². The average molecular weight is 224 g/mol. The van der Waals surface area contributed by atoms with Gasteiger partial charge < -0.3 is 0 Å². The maximum absolute atomic E-state index is 11.3. The van der Waals surface area contributed by atoms with Gasteiger partial charge in [-0.15, -0.1) is 0 Å². The fourth-order valence-corrected chi connectivity index (χ4v) is 3.02. The molecule has 5 heteroatoms. The van der Waals surface area contributed by atoms with Crippen LogP contribution >= 0.6 is 23.2 Å². The third-order valence-corrected chi connectivity index (χ3v) is 3.38. The zero-order valence-corrected chi connectivity index (χ0v) is 8.63. The predicted molar refractivity (Wildman–Crippen MR) is 51.5 cm³/mol. The summed E-state index contributed by atoms with van der Waals surface area (Å²) in [4.78, 5) is 0.216. The molecule has 1 N–H and O–H groups in total. The highest BCUT2D eigenvalue weighted by molar-refractivity contribution is 7.92. The lowest BCUT2D eigenvalue weighted by atomic mass is 10.4. The fourth-order valence-electron chi connectivity index (χ4n) is 0.855. The van der Waals surface area contributed by atoms with Gasteiger partial charge in [0.2, 0.25) is 0 Å². The normalized spacial score (nSPS) is 15.6. The minimum Gasteiger partial charge on any atom is -0.249 e. The molecule has 0 aromatic heterocycles. The summed E-state index contributed by atoms with van der Waals surface area (Å²) in [6, 6.07) is 4.79. The average Bonchev–Trinajstić information content (AvgIpc) is 1.82. The smallest absolute Gasteiger partial charge is 0.0841 e. The highest BCUT2D eigenvalue weighted by Gasteiger charge is 2.12. The van der Waals surface area contributed by atoms with Crippen LogP contribution in [0.15, 0.2) is 23.1 Å². The monoisotopic (exact) mass is 223 g/mol. The number of halogens is 2. The van der Waals surface area contributed by atoms with E-state index >= 15 is 0 Å². The molecule has 0 aliphatic heterocycles. The first-order chi connectivity index (χ1) is 5.43. The molecule has 1 aromatic carbocycles. The van der Waals surface area contributed by atoms with Crippen LogP contribution in [0.5, 0.6) is 0 Å². The van der Waals surface area contributed by atoms with Crippen LogP contribution in [-0.4, -0.2) is 10.5 Å². The van der Waals surface area contributed by atoms with E-state index in [0.29, 0.717) is 0 Å². The third kappa shape index (κ3) is 1.91. The largest absolute Gasteiger partial charge is 0.249 e. The van der Waals surface area contributed by atoms with Crippen molar-refractivity contribution in [2.24, 2.45) is 0 Å². The Bertz CT molecular complexity index is 380. The van der Waals surface area contributed by atoms with Gasteiger partial charge in [-0.1, -0.05) is 29.3 Å². The molecule has 0 aliphatic rings. The van der Waals surface area contributed by atoms with Crippen LogP contribution in [0.4, 0.5) is 0 Å². The van der Waals surface area contributed by atoms with E-state index in [1.807, 2.05) is 0 Å². The molecule has 0 saturated heterocycles. The summed E-state index contributed by atoms with van der Waals surface area (Å²) < 4.78 is 18.6. The minimum absolute atomic E-state index is 0.216. The Kier molecular flexibility index (Phi) is 2.66. The molecule has 0 fully saturated rings. The van der Waals surface area contributed by atoms with E-state index in [9.17, 15) is 4.21 Å². The van der Waals surface area contributed by atoms with Crippen LogP contribution < -0.4 is 0 Å². The maximum atomic E-state index is 11.3. The second kappa shape index (κ2) is 3.24. The number of hydrogen-bond acceptors (Lipinski definition) is 2. The highest BCUT2D eigenvalue weighted by Crippen LogP contribution is 2.28. The Morgan fingerprint density at radius 3 is 2.00 bits per heavy atom. The van der Waals surface area contributed by atoms with E-state index in [2.05, 4.69) is 0 Å². The van der Waals surface area contributed by atoms with Crippen molar-refractivity contribution < 1.29 is 4.21 Å². The van der Waals surface area contributed by atoms with Crippen molar-refractivity contribution in [3.63, 3.8) is 0 Å². The maximum Gasteiger partial charge on any atom is 0.0841 e. The van der Waals surface area contributed by atoms with E-state index in [-0.39, 0.29) is 14.9 Å². The Balaban J connectivity index is 3.53. The number of rotatable bonds is 1. The van der Waals surface area contributed by atoms with Crippen LogP contribution in [0.1, 0.15) is 0 Å². The Morgan fingerprint density at radius 1 is 1.33 bits per heavy atom. The van der Waals surface area contributed by atoms with Crippen molar-refractivity contribution in [2.45, 2.75) is 4.90 Å². The first-order valence-electron chi connectivity index (χ1n) is 3.11. The molecular weight excluding hydrogens is 217 g/mol. The summed E-state index contributed by atoms with van der Waals surface area (Å²) >= 11 is 11.5. The second-order valence-electron chi connectivity index (χ2n) is 2.39. The summed E-state index contributed by atoms with van der Waals surface area (Å²) in [7, 11) is -2.83. The Labute approximate surface area is 81.5 Å². The summed E-state index contributed by atoms with van der Waals surface area (Å²) in [5, 5.41) is 0.565. The van der Waals surface area contributed by atoms with Gasteiger partial charge in [0.05, 0.1) is 24.7 Å². The van der Waals surface area contributed by atoms with E-state index in [0.717, 1.165) is 0 Å².